The van der Waals surface area contributed by atoms with Crippen molar-refractivity contribution in [2.24, 2.45) is 0 Å². The van der Waals surface area contributed by atoms with Crippen LogP contribution in [0.3, 0.4) is 0 Å². The lowest BCUT2D eigenvalue weighted by Gasteiger charge is -2.33. The highest BCUT2D eigenvalue weighted by Crippen LogP contribution is 2.19. The lowest BCUT2D eigenvalue weighted by atomic mass is 10.1. The topological polar surface area (TPSA) is 92.2 Å². The van der Waals surface area contributed by atoms with E-state index < -0.39 is 0 Å². The first-order chi connectivity index (χ1) is 15.9. The largest absolute Gasteiger partial charge is 0.352 e. The number of nitrogens with zero attached hydrogens (tertiary/aromatic N) is 4. The fourth-order valence-corrected chi connectivity index (χ4v) is 4.08. The minimum Gasteiger partial charge on any atom is -0.352 e. The maximum Gasteiger partial charge on any atom is 0.315 e. The summed E-state index contributed by atoms with van der Waals surface area (Å²) in [5.74, 6) is 0.449. The minimum atomic E-state index is -0.136. The molecule has 2 N–H and O–H groups in total. The van der Waals surface area contributed by atoms with Crippen molar-refractivity contribution in [2.75, 3.05) is 18.0 Å². The van der Waals surface area contributed by atoms with E-state index in [1.165, 1.54) is 5.56 Å². The van der Waals surface area contributed by atoms with Crippen LogP contribution >= 0.6 is 0 Å². The summed E-state index contributed by atoms with van der Waals surface area (Å²) in [5, 5.41) is 6.01. The van der Waals surface area contributed by atoms with Crippen LogP contribution < -0.4 is 21.1 Å². The number of pyridine rings is 1. The highest BCUT2D eigenvalue weighted by molar-refractivity contribution is 5.74. The number of nitrogens with one attached hydrogen (secondary N) is 2. The number of urea groups is 1. The highest BCUT2D eigenvalue weighted by Gasteiger charge is 2.25. The van der Waals surface area contributed by atoms with Gasteiger partial charge in [-0.1, -0.05) is 36.8 Å². The van der Waals surface area contributed by atoms with Crippen LogP contribution in [0.25, 0.3) is 11.2 Å². The summed E-state index contributed by atoms with van der Waals surface area (Å²) in [6.45, 7) is 7.84. The molecule has 0 spiro atoms. The molecular weight excluding hydrogens is 416 g/mol. The molecule has 1 aromatic carbocycles. The quantitative estimate of drug-likeness (QED) is 0.604. The Hall–Kier alpha value is -3.42. The van der Waals surface area contributed by atoms with Gasteiger partial charge in [0.15, 0.2) is 11.5 Å². The molecule has 1 atom stereocenters. The van der Waals surface area contributed by atoms with E-state index in [0.29, 0.717) is 36.6 Å². The summed E-state index contributed by atoms with van der Waals surface area (Å²) in [6.07, 6.45) is 4.11. The van der Waals surface area contributed by atoms with Gasteiger partial charge in [0.1, 0.15) is 5.52 Å². The minimum absolute atomic E-state index is 0.0854. The molecule has 8 nitrogen and oxygen atoms in total. The number of carbonyl (C=O) groups excluding carboxylic acids is 1. The SMILES string of the molecule is CC[C@H](C)NC(=O)NC1CCN(c2nc3cccnc3n(Cc3ccc(C)cc3)c2=O)CC1. The Labute approximate surface area is 194 Å². The van der Waals surface area contributed by atoms with Gasteiger partial charge in [0.05, 0.1) is 6.54 Å². The van der Waals surface area contributed by atoms with Crippen molar-refractivity contribution in [1.29, 1.82) is 0 Å². The van der Waals surface area contributed by atoms with Gasteiger partial charge < -0.3 is 15.5 Å². The molecule has 0 aliphatic carbocycles. The molecule has 1 fully saturated rings. The predicted molar refractivity (Wildman–Crippen MR) is 131 cm³/mol. The summed E-state index contributed by atoms with van der Waals surface area (Å²) in [4.78, 5) is 36.8. The standard InChI is InChI=1S/C25H32N6O2/c1-4-18(3)27-25(33)28-20-11-14-30(15-12-20)23-24(32)31(16-19-9-7-17(2)8-10-19)22-21(29-23)6-5-13-26-22/h5-10,13,18,20H,4,11-12,14-16H2,1-3H3,(H2,27,28,33)/t18-/m0/s1. The van der Waals surface area contributed by atoms with E-state index >= 15 is 0 Å². The Bertz CT molecular complexity index is 1170. The molecule has 1 saturated heterocycles. The van der Waals surface area contributed by atoms with Gasteiger partial charge in [-0.25, -0.2) is 14.8 Å². The van der Waals surface area contributed by atoms with Crippen molar-refractivity contribution in [2.45, 2.75) is 58.7 Å². The molecule has 0 saturated carbocycles. The Kier molecular flexibility index (Phi) is 6.91. The van der Waals surface area contributed by atoms with Gasteiger partial charge in [0.25, 0.3) is 5.56 Å². The van der Waals surface area contributed by atoms with E-state index in [9.17, 15) is 9.59 Å². The summed E-state index contributed by atoms with van der Waals surface area (Å²) in [5.41, 5.74) is 3.38. The Morgan fingerprint density at radius 2 is 1.91 bits per heavy atom. The third kappa shape index (κ3) is 5.32. The second-order valence-corrected chi connectivity index (χ2v) is 8.85. The van der Waals surface area contributed by atoms with E-state index in [0.717, 1.165) is 24.8 Å². The molecule has 174 valence electrons. The van der Waals surface area contributed by atoms with Gasteiger partial charge in [-0.05, 0) is 50.8 Å². The number of carbonyl (C=O) groups is 1. The summed E-state index contributed by atoms with van der Waals surface area (Å²) >= 11 is 0. The normalized spacial score (nSPS) is 15.4. The number of hydrogen-bond donors (Lipinski definition) is 2. The fourth-order valence-electron chi connectivity index (χ4n) is 4.08. The molecule has 3 heterocycles. The van der Waals surface area contributed by atoms with E-state index in [-0.39, 0.29) is 23.7 Å². The Morgan fingerprint density at radius 1 is 1.18 bits per heavy atom. The van der Waals surface area contributed by atoms with Crippen LogP contribution in [-0.4, -0.2) is 45.7 Å². The van der Waals surface area contributed by atoms with Gasteiger partial charge in [-0.3, -0.25) is 9.36 Å². The van der Waals surface area contributed by atoms with Gasteiger partial charge >= 0.3 is 6.03 Å². The average molecular weight is 449 g/mol. The maximum absolute atomic E-state index is 13.5. The molecule has 4 rings (SSSR count). The van der Waals surface area contributed by atoms with Crippen molar-refractivity contribution in [3.63, 3.8) is 0 Å². The molecule has 1 aliphatic heterocycles. The monoisotopic (exact) mass is 448 g/mol. The molecule has 8 heteroatoms. The van der Waals surface area contributed by atoms with E-state index in [1.807, 2.05) is 62.1 Å². The van der Waals surface area contributed by atoms with Crippen LogP contribution in [-0.2, 0) is 6.54 Å². The van der Waals surface area contributed by atoms with Crippen LogP contribution in [0.15, 0.2) is 47.4 Å². The smallest absolute Gasteiger partial charge is 0.315 e. The molecule has 0 bridgehead atoms. The summed E-state index contributed by atoms with van der Waals surface area (Å²) in [7, 11) is 0. The zero-order valence-corrected chi connectivity index (χ0v) is 19.5. The molecule has 33 heavy (non-hydrogen) atoms. The van der Waals surface area contributed by atoms with Crippen LogP contribution in [0.4, 0.5) is 10.6 Å². The molecule has 2 amide bonds. The summed E-state index contributed by atoms with van der Waals surface area (Å²) < 4.78 is 1.71. The van der Waals surface area contributed by atoms with Crippen molar-refractivity contribution < 1.29 is 4.79 Å². The van der Waals surface area contributed by atoms with Gasteiger partial charge in [0.2, 0.25) is 0 Å². The zero-order chi connectivity index (χ0) is 23.4. The number of anilines is 1. The second kappa shape index (κ2) is 10.0. The first-order valence-electron chi connectivity index (χ1n) is 11.7. The number of aromatic nitrogens is 3. The van der Waals surface area contributed by atoms with Crippen molar-refractivity contribution in [3.05, 3.63) is 64.1 Å². The molecular formula is C25H32N6O2. The first-order valence-corrected chi connectivity index (χ1v) is 11.7. The number of hydrogen-bond acceptors (Lipinski definition) is 5. The summed E-state index contributed by atoms with van der Waals surface area (Å²) in [6, 6.07) is 12.0. The van der Waals surface area contributed by atoms with Crippen molar-refractivity contribution >= 4 is 23.0 Å². The number of aryl methyl sites for hydroxylation is 1. The number of amides is 2. The van der Waals surface area contributed by atoms with E-state index in [4.69, 9.17) is 0 Å². The Balaban J connectivity index is 1.54. The predicted octanol–water partition coefficient (Wildman–Crippen LogP) is 3.21. The molecule has 0 unspecified atom stereocenters. The van der Waals surface area contributed by atoms with Gasteiger partial charge in [-0.2, -0.15) is 0 Å². The highest BCUT2D eigenvalue weighted by atomic mass is 16.2. The van der Waals surface area contributed by atoms with Crippen molar-refractivity contribution in [1.82, 2.24) is 25.2 Å². The number of piperidine rings is 1. The van der Waals surface area contributed by atoms with Crippen LogP contribution in [0, 0.1) is 6.92 Å². The van der Waals surface area contributed by atoms with Crippen LogP contribution in [0.5, 0.6) is 0 Å². The fraction of sp³-hybridized carbons (Fsp3) is 0.440. The molecule has 1 aliphatic rings. The second-order valence-electron chi connectivity index (χ2n) is 8.85. The lowest BCUT2D eigenvalue weighted by molar-refractivity contribution is 0.231. The Morgan fingerprint density at radius 3 is 2.61 bits per heavy atom. The lowest BCUT2D eigenvalue weighted by Crippen LogP contribution is -2.50. The van der Waals surface area contributed by atoms with Gasteiger partial charge in [0, 0.05) is 31.4 Å². The van der Waals surface area contributed by atoms with E-state index in [1.54, 1.807) is 10.8 Å². The molecule has 3 aromatic rings. The third-order valence-electron chi connectivity index (χ3n) is 6.27. The van der Waals surface area contributed by atoms with Gasteiger partial charge in [-0.15, -0.1) is 0 Å². The van der Waals surface area contributed by atoms with E-state index in [2.05, 4.69) is 20.6 Å². The third-order valence-corrected chi connectivity index (χ3v) is 6.27. The molecule has 2 aromatic heterocycles. The number of benzene rings is 1. The van der Waals surface area contributed by atoms with Crippen LogP contribution in [0.1, 0.15) is 44.2 Å². The van der Waals surface area contributed by atoms with Crippen LogP contribution in [0.2, 0.25) is 0 Å². The zero-order valence-electron chi connectivity index (χ0n) is 19.5. The first kappa shape index (κ1) is 22.8. The average Bonchev–Trinajstić information content (AvgIpc) is 2.82. The molecule has 0 radical (unpaired) electrons. The number of rotatable bonds is 6. The van der Waals surface area contributed by atoms with Crippen molar-refractivity contribution in [3.8, 4) is 0 Å². The number of fused-ring (bicyclic) bond motifs is 1. The maximum atomic E-state index is 13.5.